The van der Waals surface area contributed by atoms with Crippen molar-refractivity contribution < 1.29 is 4.74 Å². The van der Waals surface area contributed by atoms with Crippen LogP contribution in [0.3, 0.4) is 0 Å². The Kier molecular flexibility index (Phi) is 5.33. The first-order chi connectivity index (χ1) is 8.33. The molecule has 1 heterocycles. The number of hydrogen-bond donors (Lipinski definition) is 2. The van der Waals surface area contributed by atoms with E-state index in [-0.39, 0.29) is 11.6 Å². The van der Waals surface area contributed by atoms with E-state index in [1.54, 1.807) is 0 Å². The maximum absolute atomic E-state index is 5.75. The minimum Gasteiger partial charge on any atom is -0.374 e. The predicted octanol–water partition coefficient (Wildman–Crippen LogP) is 1.68. The highest BCUT2D eigenvalue weighted by Gasteiger charge is 2.31. The van der Waals surface area contributed by atoms with Gasteiger partial charge in [0, 0.05) is 20.1 Å². The van der Waals surface area contributed by atoms with Gasteiger partial charge in [-0.3, -0.25) is 16.0 Å². The summed E-state index contributed by atoms with van der Waals surface area (Å²) in [6, 6.07) is 0.0172. The van der Waals surface area contributed by atoms with Crippen LogP contribution < -0.4 is 11.3 Å². The number of ether oxygens (including phenoxy) is 1. The summed E-state index contributed by atoms with van der Waals surface area (Å²) < 4.78 is 8.67. The largest absolute Gasteiger partial charge is 0.374 e. The SMILES string of the molecule is CCOC(C)(C)C(Cc1c(Br)c(C)nn1C)NN. The predicted molar refractivity (Wildman–Crippen MR) is 76.2 cm³/mol. The molecule has 0 saturated carbocycles. The van der Waals surface area contributed by atoms with Crippen molar-refractivity contribution in [2.45, 2.75) is 45.8 Å². The fourth-order valence-corrected chi connectivity index (χ4v) is 2.57. The Hall–Kier alpha value is -0.430. The van der Waals surface area contributed by atoms with Gasteiger partial charge in [0.05, 0.1) is 27.5 Å². The topological polar surface area (TPSA) is 65.1 Å². The van der Waals surface area contributed by atoms with E-state index in [1.165, 1.54) is 0 Å². The Morgan fingerprint density at radius 1 is 1.56 bits per heavy atom. The summed E-state index contributed by atoms with van der Waals surface area (Å²) in [5.41, 5.74) is 4.62. The van der Waals surface area contributed by atoms with Gasteiger partial charge in [0.15, 0.2) is 0 Å². The lowest BCUT2D eigenvalue weighted by Crippen LogP contribution is -2.53. The lowest BCUT2D eigenvalue weighted by Gasteiger charge is -2.33. The summed E-state index contributed by atoms with van der Waals surface area (Å²) in [6.45, 7) is 8.71. The average molecular weight is 319 g/mol. The molecular formula is C12H23BrN4O. The number of nitrogens with two attached hydrogens (primary N) is 1. The number of nitrogens with zero attached hydrogens (tertiary/aromatic N) is 2. The summed E-state index contributed by atoms with van der Waals surface area (Å²) in [4.78, 5) is 0. The summed E-state index contributed by atoms with van der Waals surface area (Å²) in [7, 11) is 1.94. The van der Waals surface area contributed by atoms with Crippen molar-refractivity contribution in [3.63, 3.8) is 0 Å². The summed E-state index contributed by atoms with van der Waals surface area (Å²) >= 11 is 3.57. The second kappa shape index (κ2) is 6.14. The molecular weight excluding hydrogens is 296 g/mol. The number of aryl methyl sites for hydroxylation is 2. The normalized spacial score (nSPS) is 13.9. The van der Waals surface area contributed by atoms with Crippen molar-refractivity contribution in [1.29, 1.82) is 0 Å². The standard InChI is InChI=1S/C12H23BrN4O/c1-6-18-12(3,4)10(15-14)7-9-11(13)8(2)16-17(9)5/h10,15H,6-7,14H2,1-5H3. The van der Waals surface area contributed by atoms with Crippen LogP contribution in [-0.4, -0.2) is 28.0 Å². The first-order valence-corrected chi connectivity index (χ1v) is 6.90. The molecule has 1 aromatic rings. The quantitative estimate of drug-likeness (QED) is 0.618. The second-order valence-corrected chi connectivity index (χ2v) is 5.72. The van der Waals surface area contributed by atoms with Gasteiger partial charge in [-0.25, -0.2) is 0 Å². The summed E-state index contributed by atoms with van der Waals surface area (Å²) in [6.07, 6.45) is 0.751. The maximum Gasteiger partial charge on any atom is 0.0795 e. The van der Waals surface area contributed by atoms with Gasteiger partial charge in [-0.2, -0.15) is 5.10 Å². The molecule has 3 N–H and O–H groups in total. The number of halogens is 1. The van der Waals surface area contributed by atoms with Crippen LogP contribution in [0.2, 0.25) is 0 Å². The lowest BCUT2D eigenvalue weighted by molar-refractivity contribution is -0.0384. The molecule has 1 aromatic heterocycles. The lowest BCUT2D eigenvalue weighted by atomic mass is 9.94. The minimum atomic E-state index is -0.332. The zero-order valence-corrected chi connectivity index (χ0v) is 13.3. The van der Waals surface area contributed by atoms with Gasteiger partial charge in [0.2, 0.25) is 0 Å². The molecule has 0 aliphatic heterocycles. The third-order valence-corrected chi connectivity index (χ3v) is 4.25. The number of hydrazine groups is 1. The van der Waals surface area contributed by atoms with Crippen molar-refractivity contribution in [1.82, 2.24) is 15.2 Å². The van der Waals surface area contributed by atoms with Crippen LogP contribution in [0.4, 0.5) is 0 Å². The Bertz CT molecular complexity index is 403. The zero-order valence-electron chi connectivity index (χ0n) is 11.7. The third-order valence-electron chi connectivity index (χ3n) is 3.22. The Morgan fingerprint density at radius 3 is 2.56 bits per heavy atom. The highest BCUT2D eigenvalue weighted by Crippen LogP contribution is 2.25. The van der Waals surface area contributed by atoms with E-state index in [9.17, 15) is 0 Å². The van der Waals surface area contributed by atoms with Crippen LogP contribution >= 0.6 is 15.9 Å². The molecule has 0 aliphatic carbocycles. The molecule has 0 radical (unpaired) electrons. The second-order valence-electron chi connectivity index (χ2n) is 4.93. The van der Waals surface area contributed by atoms with E-state index < -0.39 is 0 Å². The van der Waals surface area contributed by atoms with Crippen LogP contribution in [-0.2, 0) is 18.2 Å². The molecule has 18 heavy (non-hydrogen) atoms. The number of nitrogens with one attached hydrogen (secondary N) is 1. The number of rotatable bonds is 6. The zero-order chi connectivity index (χ0) is 13.9. The Labute approximate surface area is 117 Å². The first kappa shape index (κ1) is 15.6. The average Bonchev–Trinajstić information content (AvgIpc) is 2.50. The smallest absolute Gasteiger partial charge is 0.0795 e. The van der Waals surface area contributed by atoms with Gasteiger partial charge >= 0.3 is 0 Å². The molecule has 0 aromatic carbocycles. The molecule has 1 atom stereocenters. The first-order valence-electron chi connectivity index (χ1n) is 6.11. The van der Waals surface area contributed by atoms with E-state index in [0.29, 0.717) is 6.61 Å². The van der Waals surface area contributed by atoms with Crippen LogP contribution in [0.15, 0.2) is 4.47 Å². The van der Waals surface area contributed by atoms with E-state index >= 15 is 0 Å². The van der Waals surface area contributed by atoms with Crippen LogP contribution in [0.1, 0.15) is 32.2 Å². The monoisotopic (exact) mass is 318 g/mol. The maximum atomic E-state index is 5.75. The molecule has 5 nitrogen and oxygen atoms in total. The van der Waals surface area contributed by atoms with Crippen molar-refractivity contribution in [3.05, 3.63) is 15.9 Å². The van der Waals surface area contributed by atoms with Gasteiger partial charge in [-0.05, 0) is 43.6 Å². The van der Waals surface area contributed by atoms with Crippen molar-refractivity contribution in [2.75, 3.05) is 6.61 Å². The highest BCUT2D eigenvalue weighted by molar-refractivity contribution is 9.10. The van der Waals surface area contributed by atoms with E-state index in [0.717, 1.165) is 22.3 Å². The van der Waals surface area contributed by atoms with Gasteiger partial charge < -0.3 is 4.74 Å². The Balaban J connectivity index is 2.92. The number of hydrogen-bond acceptors (Lipinski definition) is 4. The molecule has 0 aliphatic rings. The van der Waals surface area contributed by atoms with Crippen molar-refractivity contribution >= 4 is 15.9 Å². The molecule has 6 heteroatoms. The molecule has 1 unspecified atom stereocenters. The van der Waals surface area contributed by atoms with Gasteiger partial charge in [-0.15, -0.1) is 0 Å². The third kappa shape index (κ3) is 3.32. The molecule has 0 fully saturated rings. The van der Waals surface area contributed by atoms with E-state index in [2.05, 4.69) is 26.5 Å². The van der Waals surface area contributed by atoms with Gasteiger partial charge in [0.1, 0.15) is 0 Å². The van der Waals surface area contributed by atoms with Gasteiger partial charge in [-0.1, -0.05) is 0 Å². The summed E-state index contributed by atoms with van der Waals surface area (Å²) in [5, 5.41) is 4.39. The molecule has 0 spiro atoms. The van der Waals surface area contributed by atoms with E-state index in [4.69, 9.17) is 10.6 Å². The van der Waals surface area contributed by atoms with Crippen LogP contribution in [0.25, 0.3) is 0 Å². The van der Waals surface area contributed by atoms with Crippen molar-refractivity contribution in [3.8, 4) is 0 Å². The van der Waals surface area contributed by atoms with Gasteiger partial charge in [0.25, 0.3) is 0 Å². The summed E-state index contributed by atoms with van der Waals surface area (Å²) in [5.74, 6) is 5.67. The molecule has 104 valence electrons. The van der Waals surface area contributed by atoms with Crippen LogP contribution in [0.5, 0.6) is 0 Å². The van der Waals surface area contributed by atoms with Crippen molar-refractivity contribution in [2.24, 2.45) is 12.9 Å². The molecule has 0 amide bonds. The minimum absolute atomic E-state index is 0.0172. The molecule has 0 bridgehead atoms. The highest BCUT2D eigenvalue weighted by atomic mass is 79.9. The molecule has 0 saturated heterocycles. The van der Waals surface area contributed by atoms with Crippen LogP contribution in [0, 0.1) is 6.92 Å². The Morgan fingerprint density at radius 2 is 2.17 bits per heavy atom. The fourth-order valence-electron chi connectivity index (χ4n) is 2.07. The van der Waals surface area contributed by atoms with E-state index in [1.807, 2.05) is 39.4 Å². The fraction of sp³-hybridized carbons (Fsp3) is 0.750. The number of aromatic nitrogens is 2. The molecule has 1 rings (SSSR count).